The highest BCUT2D eigenvalue weighted by Crippen LogP contribution is 2.11. The number of rotatable bonds is 7. The number of carboxylic acids is 1. The Bertz CT molecular complexity index is 457. The van der Waals surface area contributed by atoms with Crippen LogP contribution in [0, 0.1) is 3.57 Å². The third kappa shape index (κ3) is 7.06. The maximum Gasteiger partial charge on any atom is 0.320 e. The summed E-state index contributed by atoms with van der Waals surface area (Å²) in [4.78, 5) is 22.6. The minimum absolute atomic E-state index is 0. The van der Waals surface area contributed by atoms with E-state index in [0.717, 1.165) is 9.99 Å². The molecule has 112 valence electrons. The number of aliphatic carboxylic acids is 1. The number of hydrogen-bond acceptors (Lipinski definition) is 3. The van der Waals surface area contributed by atoms with Crippen molar-refractivity contribution in [2.45, 2.75) is 25.8 Å². The van der Waals surface area contributed by atoms with Gasteiger partial charge in [0.2, 0.25) is 5.91 Å². The van der Waals surface area contributed by atoms with Crippen LogP contribution in [0.25, 0.3) is 0 Å². The quantitative estimate of drug-likeness (QED) is 0.601. The molecule has 0 aliphatic rings. The van der Waals surface area contributed by atoms with Crippen LogP contribution in [0.5, 0.6) is 0 Å². The number of carbonyl (C=O) groups is 2. The number of benzene rings is 1. The Hall–Kier alpha value is -0.860. The lowest BCUT2D eigenvalue weighted by Crippen LogP contribution is -2.41. The van der Waals surface area contributed by atoms with Gasteiger partial charge in [0.1, 0.15) is 6.04 Å². The molecule has 0 aliphatic carbocycles. The largest absolute Gasteiger partial charge is 0.480 e. The second-order valence-corrected chi connectivity index (χ2v) is 5.36. The van der Waals surface area contributed by atoms with E-state index in [4.69, 9.17) is 5.11 Å². The van der Waals surface area contributed by atoms with E-state index in [0.29, 0.717) is 12.1 Å². The minimum atomic E-state index is -0.927. The van der Waals surface area contributed by atoms with E-state index in [9.17, 15) is 9.59 Å². The molecule has 0 heterocycles. The molecule has 0 aliphatic heterocycles. The van der Waals surface area contributed by atoms with Crippen molar-refractivity contribution in [1.29, 1.82) is 0 Å². The first-order valence-electron chi connectivity index (χ1n) is 6.04. The molecule has 1 unspecified atom stereocenters. The van der Waals surface area contributed by atoms with E-state index in [1.807, 2.05) is 25.1 Å². The summed E-state index contributed by atoms with van der Waals surface area (Å²) in [6.45, 7) is 1.89. The Morgan fingerprint density at radius 3 is 2.65 bits per heavy atom. The molecular weight excluding hydrogens is 395 g/mol. The Kier molecular flexibility index (Phi) is 9.52. The molecule has 7 heteroatoms. The van der Waals surface area contributed by atoms with Crippen molar-refractivity contribution >= 4 is 52.6 Å². The molecule has 0 aromatic heterocycles. The standard InChI is InChI=1S/C13H17IN2O3.ClH/c1-2-4-11(13(18)19)15-8-12(17)16-10-6-3-5-9(14)7-10;/h3,5-7,11,15H,2,4,8H2,1H3,(H,16,17)(H,18,19);1H. The molecule has 0 fully saturated rings. The fourth-order valence-corrected chi connectivity index (χ4v) is 2.13. The van der Waals surface area contributed by atoms with Crippen molar-refractivity contribution in [2.75, 3.05) is 11.9 Å². The predicted molar refractivity (Wildman–Crippen MR) is 89.4 cm³/mol. The fourth-order valence-electron chi connectivity index (χ4n) is 1.59. The molecule has 5 nitrogen and oxygen atoms in total. The number of halogens is 2. The smallest absolute Gasteiger partial charge is 0.320 e. The summed E-state index contributed by atoms with van der Waals surface area (Å²) in [6, 6.07) is 6.74. The summed E-state index contributed by atoms with van der Waals surface area (Å²) < 4.78 is 1.03. The molecule has 0 radical (unpaired) electrons. The molecule has 0 saturated heterocycles. The van der Waals surface area contributed by atoms with Crippen LogP contribution in [0.2, 0.25) is 0 Å². The summed E-state index contributed by atoms with van der Waals surface area (Å²) in [6.07, 6.45) is 1.26. The SMILES string of the molecule is CCCC(NCC(=O)Nc1cccc(I)c1)C(=O)O.Cl. The average molecular weight is 413 g/mol. The molecule has 1 aromatic rings. The molecule has 3 N–H and O–H groups in total. The van der Waals surface area contributed by atoms with Gasteiger partial charge in [0, 0.05) is 9.26 Å². The number of anilines is 1. The van der Waals surface area contributed by atoms with E-state index >= 15 is 0 Å². The second-order valence-electron chi connectivity index (χ2n) is 4.12. The van der Waals surface area contributed by atoms with Crippen molar-refractivity contribution in [3.05, 3.63) is 27.8 Å². The summed E-state index contributed by atoms with van der Waals surface area (Å²) in [5, 5.41) is 14.4. The van der Waals surface area contributed by atoms with Gasteiger partial charge >= 0.3 is 5.97 Å². The number of carbonyl (C=O) groups excluding carboxylic acids is 1. The zero-order valence-electron chi connectivity index (χ0n) is 11.1. The molecule has 1 amide bonds. The number of amides is 1. The summed E-state index contributed by atoms with van der Waals surface area (Å²) in [5.74, 6) is -1.17. The van der Waals surface area contributed by atoms with Crippen molar-refractivity contribution in [2.24, 2.45) is 0 Å². The minimum Gasteiger partial charge on any atom is -0.480 e. The first-order valence-corrected chi connectivity index (χ1v) is 7.12. The number of hydrogen-bond donors (Lipinski definition) is 3. The Morgan fingerprint density at radius 2 is 2.10 bits per heavy atom. The van der Waals surface area contributed by atoms with Crippen LogP contribution in [-0.2, 0) is 9.59 Å². The third-order valence-electron chi connectivity index (χ3n) is 2.49. The first kappa shape index (κ1) is 19.1. The van der Waals surface area contributed by atoms with Crippen molar-refractivity contribution in [3.8, 4) is 0 Å². The van der Waals surface area contributed by atoms with E-state index in [2.05, 4.69) is 33.2 Å². The van der Waals surface area contributed by atoms with Crippen molar-refractivity contribution in [1.82, 2.24) is 5.32 Å². The Labute approximate surface area is 138 Å². The zero-order chi connectivity index (χ0) is 14.3. The highest BCUT2D eigenvalue weighted by Gasteiger charge is 2.16. The Balaban J connectivity index is 0.00000361. The monoisotopic (exact) mass is 412 g/mol. The van der Waals surface area contributed by atoms with Gasteiger partial charge in [0.15, 0.2) is 0 Å². The van der Waals surface area contributed by atoms with Crippen LogP contribution < -0.4 is 10.6 Å². The van der Waals surface area contributed by atoms with E-state index in [-0.39, 0.29) is 24.9 Å². The summed E-state index contributed by atoms with van der Waals surface area (Å²) in [7, 11) is 0. The number of carboxylic acid groups (broad SMARTS) is 1. The molecule has 0 bridgehead atoms. The second kappa shape index (κ2) is 9.95. The van der Waals surface area contributed by atoms with Gasteiger partial charge in [-0.25, -0.2) is 0 Å². The highest BCUT2D eigenvalue weighted by atomic mass is 127. The number of nitrogens with one attached hydrogen (secondary N) is 2. The lowest BCUT2D eigenvalue weighted by molar-refractivity contribution is -0.139. The third-order valence-corrected chi connectivity index (χ3v) is 3.16. The van der Waals surface area contributed by atoms with Gasteiger partial charge in [-0.2, -0.15) is 0 Å². The summed E-state index contributed by atoms with van der Waals surface area (Å²) in [5.41, 5.74) is 0.709. The highest BCUT2D eigenvalue weighted by molar-refractivity contribution is 14.1. The zero-order valence-corrected chi connectivity index (χ0v) is 14.0. The van der Waals surface area contributed by atoms with Crippen LogP contribution in [0.3, 0.4) is 0 Å². The lowest BCUT2D eigenvalue weighted by atomic mass is 10.2. The maximum absolute atomic E-state index is 11.7. The van der Waals surface area contributed by atoms with Gasteiger partial charge in [0.25, 0.3) is 0 Å². The molecule has 1 aromatic carbocycles. The lowest BCUT2D eigenvalue weighted by Gasteiger charge is -2.13. The molecule has 0 spiro atoms. The Morgan fingerprint density at radius 1 is 1.40 bits per heavy atom. The first-order chi connectivity index (χ1) is 9.02. The van der Waals surface area contributed by atoms with Gasteiger partial charge in [-0.3, -0.25) is 14.9 Å². The maximum atomic E-state index is 11.7. The van der Waals surface area contributed by atoms with E-state index in [1.54, 1.807) is 6.07 Å². The van der Waals surface area contributed by atoms with Crippen molar-refractivity contribution < 1.29 is 14.7 Å². The van der Waals surface area contributed by atoms with Gasteiger partial charge in [-0.05, 0) is 47.2 Å². The predicted octanol–water partition coefficient (Wildman–Crippen LogP) is 2.49. The van der Waals surface area contributed by atoms with Gasteiger partial charge < -0.3 is 10.4 Å². The van der Waals surface area contributed by atoms with Gasteiger partial charge in [-0.15, -0.1) is 12.4 Å². The molecule has 0 saturated carbocycles. The molecule has 1 rings (SSSR count). The normalized spacial score (nSPS) is 11.3. The van der Waals surface area contributed by atoms with Crippen molar-refractivity contribution in [3.63, 3.8) is 0 Å². The molecule has 20 heavy (non-hydrogen) atoms. The summed E-state index contributed by atoms with van der Waals surface area (Å²) >= 11 is 2.16. The van der Waals surface area contributed by atoms with Gasteiger partial charge in [-0.1, -0.05) is 19.4 Å². The topological polar surface area (TPSA) is 78.4 Å². The van der Waals surface area contributed by atoms with Crippen LogP contribution in [0.4, 0.5) is 5.69 Å². The van der Waals surface area contributed by atoms with Crippen LogP contribution >= 0.6 is 35.0 Å². The molecule has 1 atom stereocenters. The fraction of sp³-hybridized carbons (Fsp3) is 0.385. The van der Waals surface area contributed by atoms with Crippen LogP contribution in [0.15, 0.2) is 24.3 Å². The van der Waals surface area contributed by atoms with Crippen LogP contribution in [0.1, 0.15) is 19.8 Å². The average Bonchev–Trinajstić information content (AvgIpc) is 2.34. The van der Waals surface area contributed by atoms with E-state index < -0.39 is 12.0 Å². The van der Waals surface area contributed by atoms with Crippen LogP contribution in [-0.4, -0.2) is 29.6 Å². The van der Waals surface area contributed by atoms with Gasteiger partial charge in [0.05, 0.1) is 6.54 Å². The molecular formula is C13H18ClIN2O3. The van der Waals surface area contributed by atoms with E-state index in [1.165, 1.54) is 0 Å².